The van der Waals surface area contributed by atoms with Gasteiger partial charge in [-0.3, -0.25) is 46.9 Å². The smallest absolute Gasteiger partial charge is 1.00 e. The zero-order valence-electron chi connectivity index (χ0n) is 72.6. The van der Waals surface area contributed by atoms with Crippen molar-refractivity contribution in [3.05, 3.63) is 24.3 Å². The third kappa shape index (κ3) is 65.9. The number of carbonyl (C=O) groups excluding carboxylic acids is 6. The maximum atomic E-state index is 13.7. The number of rotatable bonds is 76. The van der Waals surface area contributed by atoms with Crippen molar-refractivity contribution in [2.75, 3.05) is 65.9 Å². The molecule has 0 aliphatic carbocycles. The van der Waals surface area contributed by atoms with Gasteiger partial charge in [0.15, 0.2) is 18.0 Å². The minimum absolute atomic E-state index is 0. The van der Waals surface area contributed by atoms with Gasteiger partial charge in [-0.05, 0) is 117 Å². The largest absolute Gasteiger partial charge is 1.00 e. The minimum Gasteiger partial charge on any atom is -1.00 e. The Morgan fingerprint density at radius 2 is 0.721 bits per heavy atom. The van der Waals surface area contributed by atoms with Gasteiger partial charge in [-0.15, -0.1) is 0 Å². The number of unbranched alkanes of at least 4 members (excludes halogenated alkanes) is 26. The first-order valence-electron chi connectivity index (χ1n) is 42.4. The number of aliphatic hydroxyl groups excluding tert-OH is 2. The molecule has 111 heavy (non-hydrogen) atoms. The Kier molecular flexibility index (Phi) is 73.6. The molecule has 1 rings (SSSR count). The van der Waals surface area contributed by atoms with Crippen LogP contribution in [0, 0.1) is 0 Å². The van der Waals surface area contributed by atoms with E-state index in [0.29, 0.717) is 51.4 Å². The first-order valence-corrected chi connectivity index (χ1v) is 45.3. The number of allylic oxidation sites excluding steroid dienone is 4. The summed E-state index contributed by atoms with van der Waals surface area (Å²) in [5, 5.41) is 31.9. The Hall–Kier alpha value is -1.72. The standard InChI is InChI=1S/C81H152N4O22P2.2Na.2H/c1-9-15-21-27-29-31-33-39-45-51-75(90)104-71(49-43-37-25-19-13-5)61-73(88)84-67(63-98-57-53-69(86)47-41-35-23-17-11-3)65-102-108(94,95)100-59-55-82-79(92)77-78(107-81(7,8)106-77)80(93)83-56-60-101-109(96,97)103-66-68(64-99-58-54-70(87)48-42-36-24-18-12-4)85-74(89)62-72(50-44-38-26-20-14-6)105-76(91)52-46-40-34-32-30-28-22-16-10-2;;;;/h31-34,67-72,77-78,86-87H,9-30,35-66H2,1-8H3,(H,82,92)(H,83,93)(H,84,88)(H,85,89)(H,94,95)(H,96,97);;;;/q;2*+1;2*-1/b33-31-,34-32-;;;;/t67?,68?,69-,70-,71-,72-,77-,78+;;;;/m1..../s1. The molecule has 8 N–H and O–H groups in total. The van der Waals surface area contributed by atoms with Gasteiger partial charge in [0, 0.05) is 39.1 Å². The van der Waals surface area contributed by atoms with Crippen LogP contribution >= 0.6 is 15.6 Å². The predicted octanol–water partition coefficient (Wildman–Crippen LogP) is 10.2. The van der Waals surface area contributed by atoms with Crippen LogP contribution in [0.25, 0.3) is 0 Å². The number of phosphoric acid groups is 2. The second kappa shape index (κ2) is 73.4. The molecule has 0 aromatic carbocycles. The molecule has 4 amide bonds. The molecular formula is C81H154N4Na2O22P2. The number of hydrogen-bond donors (Lipinski definition) is 8. The van der Waals surface area contributed by atoms with E-state index in [0.717, 1.165) is 167 Å². The van der Waals surface area contributed by atoms with Gasteiger partial charge in [-0.2, -0.15) is 0 Å². The SMILES string of the molecule is CCCCCC/C=C\CCCC(=O)O[C@H](CCCCCCC)CC(=O)NC(COCC[C@H](O)CCCCCCC)COP(=O)(O)OCCNC(=O)[C@H]1OC(C)(C)O[C@H]1C(=O)NCCOP(=O)(O)OCC(COCC[C@H](O)CCCCCCC)NC(=O)C[C@@H](CCCCCCC)OC(=O)CCC/C=C\CCCCCC.[H-].[H-].[Na+].[Na+]. The normalized spacial score (nSPS) is 16.8. The van der Waals surface area contributed by atoms with E-state index in [9.17, 15) is 57.9 Å². The zero-order chi connectivity index (χ0) is 80.5. The third-order valence-electron chi connectivity index (χ3n) is 18.6. The number of esters is 2. The maximum Gasteiger partial charge on any atom is 1.00 e. The van der Waals surface area contributed by atoms with Crippen molar-refractivity contribution in [1.29, 1.82) is 0 Å². The maximum absolute atomic E-state index is 13.7. The summed E-state index contributed by atoms with van der Waals surface area (Å²) in [5.41, 5.74) is 0. The van der Waals surface area contributed by atoms with Crippen LogP contribution in [0.3, 0.4) is 0 Å². The van der Waals surface area contributed by atoms with Crippen molar-refractivity contribution in [3.8, 4) is 0 Å². The topological polar surface area (TPSA) is 358 Å². The minimum atomic E-state index is -4.87. The Balaban J connectivity index is -0.0000149. The van der Waals surface area contributed by atoms with E-state index in [1.165, 1.54) is 52.4 Å². The van der Waals surface area contributed by atoms with Crippen molar-refractivity contribution in [2.45, 2.75) is 392 Å². The van der Waals surface area contributed by atoms with E-state index in [-0.39, 0.29) is 127 Å². The van der Waals surface area contributed by atoms with E-state index < -0.39 is 132 Å². The molecule has 642 valence electrons. The van der Waals surface area contributed by atoms with E-state index in [1.54, 1.807) is 0 Å². The second-order valence-corrected chi connectivity index (χ2v) is 32.6. The molecule has 30 heteroatoms. The van der Waals surface area contributed by atoms with E-state index in [1.807, 2.05) is 0 Å². The molecule has 0 aromatic rings. The van der Waals surface area contributed by atoms with Crippen LogP contribution in [0.15, 0.2) is 24.3 Å². The van der Waals surface area contributed by atoms with E-state index in [4.69, 9.17) is 46.5 Å². The fourth-order valence-corrected chi connectivity index (χ4v) is 13.8. The fourth-order valence-electron chi connectivity index (χ4n) is 12.3. The number of hydrogen-bond acceptors (Lipinski definition) is 20. The van der Waals surface area contributed by atoms with Crippen LogP contribution in [-0.4, -0.2) is 176 Å². The van der Waals surface area contributed by atoms with Gasteiger partial charge >= 0.3 is 86.7 Å². The van der Waals surface area contributed by atoms with E-state index in [2.05, 4.69) is 87.1 Å². The van der Waals surface area contributed by atoms with Crippen LogP contribution in [0.2, 0.25) is 0 Å². The Morgan fingerprint density at radius 1 is 0.414 bits per heavy atom. The third-order valence-corrected chi connectivity index (χ3v) is 20.6. The number of aliphatic hydroxyl groups is 2. The quantitative estimate of drug-likeness (QED) is 0.00922. The molecule has 1 saturated heterocycles. The summed E-state index contributed by atoms with van der Waals surface area (Å²) in [6, 6.07) is -1.96. The van der Waals surface area contributed by atoms with Crippen molar-refractivity contribution < 1.29 is 166 Å². The molecule has 1 fully saturated rings. The molecule has 1 aliphatic heterocycles. The predicted molar refractivity (Wildman–Crippen MR) is 428 cm³/mol. The zero-order valence-corrected chi connectivity index (χ0v) is 76.4. The number of phosphoric ester groups is 2. The molecule has 0 radical (unpaired) electrons. The molecule has 4 unspecified atom stereocenters. The summed E-state index contributed by atoms with van der Waals surface area (Å²) >= 11 is 0. The second-order valence-electron chi connectivity index (χ2n) is 29.7. The van der Waals surface area contributed by atoms with E-state index >= 15 is 0 Å². The van der Waals surface area contributed by atoms with Gasteiger partial charge in [-0.25, -0.2) is 9.13 Å². The van der Waals surface area contributed by atoms with Gasteiger partial charge < -0.3 is 72.5 Å². The van der Waals surface area contributed by atoms with Crippen molar-refractivity contribution in [2.24, 2.45) is 0 Å². The molecule has 1 heterocycles. The first kappa shape index (κ1) is 111. The Morgan fingerprint density at radius 3 is 1.05 bits per heavy atom. The van der Waals surface area contributed by atoms with Crippen LogP contribution in [0.1, 0.15) is 341 Å². The average Bonchev–Trinajstić information content (AvgIpc) is 1.66. The van der Waals surface area contributed by atoms with Gasteiger partial charge in [-0.1, -0.05) is 220 Å². The number of amides is 4. The molecule has 0 bridgehead atoms. The summed E-state index contributed by atoms with van der Waals surface area (Å²) in [6.45, 7) is 12.8. The summed E-state index contributed by atoms with van der Waals surface area (Å²) in [6.07, 6.45) is 39.9. The van der Waals surface area contributed by atoms with Gasteiger partial charge in [0.25, 0.3) is 11.8 Å². The van der Waals surface area contributed by atoms with Crippen LogP contribution in [0.4, 0.5) is 0 Å². The van der Waals surface area contributed by atoms with Crippen LogP contribution in [-0.2, 0) is 84.4 Å². The number of nitrogens with one attached hydrogen (secondary N) is 4. The van der Waals surface area contributed by atoms with Crippen LogP contribution < -0.4 is 80.4 Å². The number of carbonyl (C=O) groups is 6. The summed E-state index contributed by atoms with van der Waals surface area (Å²) in [5.74, 6) is -4.91. The molecule has 1 aliphatic rings. The monoisotopic (exact) mass is 1640 g/mol. The Bertz CT molecular complexity index is 2350. The molecular weight excluding hydrogens is 1490 g/mol. The first-order chi connectivity index (χ1) is 52.4. The summed E-state index contributed by atoms with van der Waals surface area (Å²) in [7, 11) is -9.74. The van der Waals surface area contributed by atoms with Gasteiger partial charge in [0.05, 0.1) is 76.8 Å². The molecule has 0 aromatic heterocycles. The molecule has 0 spiro atoms. The van der Waals surface area contributed by atoms with Crippen molar-refractivity contribution >= 4 is 51.2 Å². The Labute approximate surface area is 716 Å². The van der Waals surface area contributed by atoms with Gasteiger partial charge in [0.2, 0.25) is 11.8 Å². The van der Waals surface area contributed by atoms with Crippen molar-refractivity contribution in [1.82, 2.24) is 21.3 Å². The summed E-state index contributed by atoms with van der Waals surface area (Å²) in [4.78, 5) is 103. The average molecular weight is 1640 g/mol. The molecule has 0 saturated carbocycles. The van der Waals surface area contributed by atoms with Crippen LogP contribution in [0.5, 0.6) is 0 Å². The van der Waals surface area contributed by atoms with Crippen molar-refractivity contribution in [3.63, 3.8) is 0 Å². The van der Waals surface area contributed by atoms with Gasteiger partial charge in [0.1, 0.15) is 12.2 Å². The summed E-state index contributed by atoms with van der Waals surface area (Å²) < 4.78 is 82.9. The molecule has 26 nitrogen and oxygen atoms in total. The molecule has 10 atom stereocenters. The fraction of sp³-hybridized carbons (Fsp3) is 0.877. The number of ether oxygens (including phenoxy) is 6.